The Morgan fingerprint density at radius 1 is 1.26 bits per heavy atom. The molecule has 4 rings (SSSR count). The van der Waals surface area contributed by atoms with Crippen LogP contribution in [0.25, 0.3) is 21.9 Å². The molecule has 1 aliphatic carbocycles. The predicted octanol–water partition coefficient (Wildman–Crippen LogP) is 2.74. The highest BCUT2D eigenvalue weighted by molar-refractivity contribution is 7.13. The van der Waals surface area contributed by atoms with Crippen LogP contribution in [-0.2, 0) is 0 Å². The topological polar surface area (TPSA) is 92.7 Å². The van der Waals surface area contributed by atoms with Crippen molar-refractivity contribution in [3.8, 4) is 10.7 Å². The van der Waals surface area contributed by atoms with Crippen LogP contribution >= 0.6 is 11.3 Å². The van der Waals surface area contributed by atoms with Crippen LogP contribution in [0, 0.1) is 6.92 Å². The number of carbonyl (C=O) groups is 1. The van der Waals surface area contributed by atoms with Crippen molar-refractivity contribution in [2.45, 2.75) is 25.8 Å². The van der Waals surface area contributed by atoms with E-state index in [4.69, 9.17) is 0 Å². The van der Waals surface area contributed by atoms with E-state index < -0.39 is 0 Å². The molecule has 2 N–H and O–H groups in total. The van der Waals surface area contributed by atoms with Crippen LogP contribution in [0.4, 0.5) is 10.6 Å². The summed E-state index contributed by atoms with van der Waals surface area (Å²) in [6, 6.07) is 3.57. The van der Waals surface area contributed by atoms with Gasteiger partial charge in [0.05, 0.1) is 6.20 Å². The van der Waals surface area contributed by atoms with Gasteiger partial charge in [0, 0.05) is 17.1 Å². The lowest BCUT2D eigenvalue weighted by Crippen LogP contribution is -2.30. The number of amides is 2. The maximum absolute atomic E-state index is 11.8. The van der Waals surface area contributed by atoms with Gasteiger partial charge in [-0.2, -0.15) is 0 Å². The number of pyridine rings is 1. The van der Waals surface area contributed by atoms with Crippen LogP contribution in [-0.4, -0.2) is 32.0 Å². The number of carbonyl (C=O) groups excluding carboxylic acids is 1. The average Bonchev–Trinajstić information content (AvgIpc) is 3.24. The van der Waals surface area contributed by atoms with Gasteiger partial charge in [-0.25, -0.2) is 19.7 Å². The summed E-state index contributed by atoms with van der Waals surface area (Å²) in [5.74, 6) is 0.456. The van der Waals surface area contributed by atoms with Crippen molar-refractivity contribution in [2.75, 3.05) is 5.32 Å². The zero-order valence-electron chi connectivity index (χ0n) is 12.4. The minimum absolute atomic E-state index is 0.237. The summed E-state index contributed by atoms with van der Waals surface area (Å²) < 4.78 is 0. The average molecular weight is 326 g/mol. The Labute approximate surface area is 136 Å². The molecule has 0 bridgehead atoms. The zero-order valence-corrected chi connectivity index (χ0v) is 13.2. The largest absolute Gasteiger partial charge is 0.335 e. The first-order valence-corrected chi connectivity index (χ1v) is 8.19. The third kappa shape index (κ3) is 3.11. The van der Waals surface area contributed by atoms with E-state index in [9.17, 15) is 4.79 Å². The van der Waals surface area contributed by atoms with Crippen LogP contribution in [0.15, 0.2) is 23.7 Å². The zero-order chi connectivity index (χ0) is 15.8. The lowest BCUT2D eigenvalue weighted by Gasteiger charge is -2.06. The molecule has 0 spiro atoms. The fourth-order valence-corrected chi connectivity index (χ4v) is 2.86. The molecule has 8 heteroatoms. The Morgan fingerprint density at radius 3 is 2.87 bits per heavy atom. The maximum Gasteiger partial charge on any atom is 0.320 e. The van der Waals surface area contributed by atoms with Gasteiger partial charge in [0.1, 0.15) is 22.0 Å². The van der Waals surface area contributed by atoms with Crippen molar-refractivity contribution in [3.05, 3.63) is 29.4 Å². The second kappa shape index (κ2) is 5.54. The molecule has 2 amide bonds. The highest BCUT2D eigenvalue weighted by Gasteiger charge is 2.23. The molecule has 23 heavy (non-hydrogen) atoms. The summed E-state index contributed by atoms with van der Waals surface area (Å²) >= 11 is 1.52. The Bertz CT molecular complexity index is 889. The maximum atomic E-state index is 11.8. The number of anilines is 1. The smallest absolute Gasteiger partial charge is 0.320 e. The molecular weight excluding hydrogens is 312 g/mol. The molecule has 1 aliphatic rings. The Kier molecular flexibility index (Phi) is 3.38. The molecule has 1 saturated carbocycles. The van der Waals surface area contributed by atoms with E-state index in [0.29, 0.717) is 28.7 Å². The lowest BCUT2D eigenvalue weighted by atomic mass is 10.3. The Hall–Kier alpha value is -2.61. The van der Waals surface area contributed by atoms with Gasteiger partial charge in [-0.15, -0.1) is 11.3 Å². The van der Waals surface area contributed by atoms with Gasteiger partial charge < -0.3 is 5.32 Å². The summed E-state index contributed by atoms with van der Waals surface area (Å²) in [4.78, 5) is 29.4. The summed E-state index contributed by atoms with van der Waals surface area (Å²) in [6.45, 7) is 1.94. The molecule has 3 heterocycles. The number of hydrogen-bond donors (Lipinski definition) is 2. The third-order valence-corrected chi connectivity index (χ3v) is 4.38. The molecule has 7 nitrogen and oxygen atoms in total. The molecule has 0 radical (unpaired) electrons. The van der Waals surface area contributed by atoms with E-state index in [1.54, 1.807) is 18.3 Å². The fraction of sp³-hybridized carbons (Fsp3) is 0.267. The highest BCUT2D eigenvalue weighted by Crippen LogP contribution is 2.23. The first kappa shape index (κ1) is 14.0. The molecule has 0 saturated heterocycles. The highest BCUT2D eigenvalue weighted by atomic mass is 32.1. The SMILES string of the molecule is Cc1csc(-c2cnc3ccc(NC(=O)NC4CC4)nc3n2)n1. The van der Waals surface area contributed by atoms with Crippen molar-refractivity contribution < 1.29 is 4.79 Å². The van der Waals surface area contributed by atoms with E-state index in [0.717, 1.165) is 23.5 Å². The first-order valence-electron chi connectivity index (χ1n) is 7.31. The Morgan fingerprint density at radius 2 is 2.13 bits per heavy atom. The summed E-state index contributed by atoms with van der Waals surface area (Å²) in [5.41, 5.74) is 2.80. The number of fused-ring (bicyclic) bond motifs is 1. The normalized spacial score (nSPS) is 14.0. The van der Waals surface area contributed by atoms with E-state index >= 15 is 0 Å². The van der Waals surface area contributed by atoms with Crippen LogP contribution in [0.5, 0.6) is 0 Å². The number of hydrogen-bond acceptors (Lipinski definition) is 6. The van der Waals surface area contributed by atoms with Crippen LogP contribution < -0.4 is 10.6 Å². The summed E-state index contributed by atoms with van der Waals surface area (Å²) in [7, 11) is 0. The van der Waals surface area contributed by atoms with Gasteiger partial charge in [0.2, 0.25) is 0 Å². The quantitative estimate of drug-likeness (QED) is 0.772. The van der Waals surface area contributed by atoms with Crippen molar-refractivity contribution in [1.82, 2.24) is 25.3 Å². The predicted molar refractivity (Wildman–Crippen MR) is 88.4 cm³/mol. The van der Waals surface area contributed by atoms with Gasteiger partial charge in [-0.05, 0) is 31.9 Å². The molecule has 1 fully saturated rings. The second-order valence-electron chi connectivity index (χ2n) is 5.46. The number of rotatable bonds is 3. The Balaban J connectivity index is 1.62. The van der Waals surface area contributed by atoms with E-state index in [-0.39, 0.29) is 6.03 Å². The van der Waals surface area contributed by atoms with Crippen molar-refractivity contribution in [2.24, 2.45) is 0 Å². The number of urea groups is 1. The van der Waals surface area contributed by atoms with Gasteiger partial charge in [-0.3, -0.25) is 10.3 Å². The van der Waals surface area contributed by atoms with Gasteiger partial charge in [-0.1, -0.05) is 0 Å². The molecule has 0 aromatic carbocycles. The summed E-state index contributed by atoms with van der Waals surface area (Å²) in [6.07, 6.45) is 3.77. The number of nitrogens with one attached hydrogen (secondary N) is 2. The monoisotopic (exact) mass is 326 g/mol. The van der Waals surface area contributed by atoms with Crippen LogP contribution in [0.2, 0.25) is 0 Å². The first-order chi connectivity index (χ1) is 11.2. The summed E-state index contributed by atoms with van der Waals surface area (Å²) in [5, 5.41) is 8.36. The fourth-order valence-electron chi connectivity index (χ4n) is 2.11. The number of aromatic nitrogens is 4. The third-order valence-electron chi connectivity index (χ3n) is 3.40. The molecule has 0 aliphatic heterocycles. The van der Waals surface area contributed by atoms with Crippen molar-refractivity contribution >= 4 is 34.3 Å². The van der Waals surface area contributed by atoms with Crippen LogP contribution in [0.1, 0.15) is 18.5 Å². The molecule has 3 aromatic rings. The number of aryl methyl sites for hydroxylation is 1. The molecular formula is C15H14N6OS. The second-order valence-corrected chi connectivity index (χ2v) is 6.32. The molecule has 116 valence electrons. The van der Waals surface area contributed by atoms with Crippen molar-refractivity contribution in [3.63, 3.8) is 0 Å². The van der Waals surface area contributed by atoms with Crippen LogP contribution in [0.3, 0.4) is 0 Å². The number of thiazole rings is 1. The minimum Gasteiger partial charge on any atom is -0.335 e. The van der Waals surface area contributed by atoms with E-state index in [1.807, 2.05) is 12.3 Å². The molecule has 3 aromatic heterocycles. The standard InChI is InChI=1S/C15H14N6OS/c1-8-7-23-14(17-8)11-6-16-10-4-5-12(20-13(10)19-11)21-15(22)18-9-2-3-9/h4-7,9H,2-3H2,1H3,(H2,18,19,20,21,22). The van der Waals surface area contributed by atoms with Crippen molar-refractivity contribution in [1.29, 1.82) is 0 Å². The van der Waals surface area contributed by atoms with E-state index in [2.05, 4.69) is 30.6 Å². The molecule has 0 atom stereocenters. The molecule has 0 unspecified atom stereocenters. The van der Waals surface area contributed by atoms with E-state index in [1.165, 1.54) is 11.3 Å². The lowest BCUT2D eigenvalue weighted by molar-refractivity contribution is 0.251. The number of nitrogens with zero attached hydrogens (tertiary/aromatic N) is 4. The van der Waals surface area contributed by atoms with Gasteiger partial charge in [0.25, 0.3) is 0 Å². The van der Waals surface area contributed by atoms with Gasteiger partial charge >= 0.3 is 6.03 Å². The minimum atomic E-state index is -0.237. The van der Waals surface area contributed by atoms with Gasteiger partial charge in [0.15, 0.2) is 5.65 Å².